The van der Waals surface area contributed by atoms with Crippen molar-refractivity contribution in [2.24, 2.45) is 0 Å². The van der Waals surface area contributed by atoms with Crippen molar-refractivity contribution < 1.29 is 9.90 Å². The fourth-order valence-electron chi connectivity index (χ4n) is 2.63. The van der Waals surface area contributed by atoms with Crippen molar-refractivity contribution in [1.82, 2.24) is 9.78 Å². The molecule has 26 heavy (non-hydrogen) atoms. The van der Waals surface area contributed by atoms with E-state index < -0.39 is 5.97 Å². The Morgan fingerprint density at radius 1 is 0.923 bits per heavy atom. The zero-order valence-electron chi connectivity index (χ0n) is 14.1. The number of nitrogens with one attached hydrogen (secondary N) is 1. The number of carbonyl (C=O) groups is 1. The highest BCUT2D eigenvalue weighted by atomic mass is 35.5. The SMILES string of the molecule is Cl.N=c1ccc(-c2ccc(-c3ccccc3)cc2)nn1CCCC(=O)O. The number of carboxylic acid groups (broad SMARTS) is 1. The van der Waals surface area contributed by atoms with Crippen LogP contribution >= 0.6 is 12.4 Å². The van der Waals surface area contributed by atoms with Gasteiger partial charge in [-0.3, -0.25) is 10.2 Å². The van der Waals surface area contributed by atoms with E-state index in [1.807, 2.05) is 36.4 Å². The molecular weight excluding hydrogens is 350 g/mol. The van der Waals surface area contributed by atoms with Gasteiger partial charge in [0.25, 0.3) is 0 Å². The first kappa shape index (κ1) is 19.4. The number of aromatic nitrogens is 2. The normalized spacial score (nSPS) is 10.2. The van der Waals surface area contributed by atoms with Crippen LogP contribution in [0.25, 0.3) is 22.4 Å². The van der Waals surface area contributed by atoms with Crippen molar-refractivity contribution in [3.63, 3.8) is 0 Å². The first-order valence-corrected chi connectivity index (χ1v) is 8.14. The van der Waals surface area contributed by atoms with Gasteiger partial charge in [-0.2, -0.15) is 5.10 Å². The zero-order valence-corrected chi connectivity index (χ0v) is 14.9. The first-order valence-electron chi connectivity index (χ1n) is 8.14. The first-order chi connectivity index (χ1) is 12.1. The number of nitrogens with zero attached hydrogens (tertiary/aromatic N) is 2. The number of aliphatic carboxylic acids is 1. The van der Waals surface area contributed by atoms with Crippen LogP contribution in [0.2, 0.25) is 0 Å². The number of carboxylic acids is 1. The smallest absolute Gasteiger partial charge is 0.303 e. The van der Waals surface area contributed by atoms with Gasteiger partial charge in [0.05, 0.1) is 5.69 Å². The third-order valence-electron chi connectivity index (χ3n) is 3.95. The number of rotatable bonds is 6. The van der Waals surface area contributed by atoms with Gasteiger partial charge in [-0.1, -0.05) is 54.6 Å². The van der Waals surface area contributed by atoms with E-state index in [-0.39, 0.29) is 24.3 Å². The minimum atomic E-state index is -0.834. The maximum Gasteiger partial charge on any atom is 0.303 e. The van der Waals surface area contributed by atoms with Crippen molar-refractivity contribution in [3.8, 4) is 22.4 Å². The maximum atomic E-state index is 10.6. The maximum absolute atomic E-state index is 10.6. The van der Waals surface area contributed by atoms with Gasteiger partial charge in [0.1, 0.15) is 5.49 Å². The predicted octanol–water partition coefficient (Wildman–Crippen LogP) is 3.98. The molecule has 0 bridgehead atoms. The molecule has 3 rings (SSSR count). The van der Waals surface area contributed by atoms with Gasteiger partial charge in [0, 0.05) is 18.5 Å². The van der Waals surface area contributed by atoms with E-state index in [4.69, 9.17) is 10.5 Å². The van der Waals surface area contributed by atoms with Crippen LogP contribution in [0.3, 0.4) is 0 Å². The Morgan fingerprint density at radius 3 is 2.19 bits per heavy atom. The van der Waals surface area contributed by atoms with E-state index in [9.17, 15) is 4.79 Å². The van der Waals surface area contributed by atoms with Crippen LogP contribution in [0.15, 0.2) is 66.7 Å². The summed E-state index contributed by atoms with van der Waals surface area (Å²) in [5.41, 5.74) is 4.30. The predicted molar refractivity (Wildman–Crippen MR) is 103 cm³/mol. The van der Waals surface area contributed by atoms with E-state index >= 15 is 0 Å². The molecule has 1 heterocycles. The summed E-state index contributed by atoms with van der Waals surface area (Å²) in [5, 5.41) is 21.1. The Balaban J connectivity index is 0.00000243. The topological polar surface area (TPSA) is 79.0 Å². The molecule has 2 N–H and O–H groups in total. The monoisotopic (exact) mass is 369 g/mol. The summed E-state index contributed by atoms with van der Waals surface area (Å²) in [6, 6.07) is 21.8. The average Bonchev–Trinajstić information content (AvgIpc) is 2.64. The molecule has 0 atom stereocenters. The Kier molecular flexibility index (Phi) is 6.69. The van der Waals surface area contributed by atoms with E-state index in [1.54, 1.807) is 10.7 Å². The van der Waals surface area contributed by atoms with Gasteiger partial charge in [-0.25, -0.2) is 4.68 Å². The van der Waals surface area contributed by atoms with Crippen molar-refractivity contribution in [1.29, 1.82) is 5.41 Å². The van der Waals surface area contributed by atoms with Crippen molar-refractivity contribution in [2.75, 3.05) is 0 Å². The number of hydrogen-bond donors (Lipinski definition) is 2. The molecule has 0 fully saturated rings. The van der Waals surface area contributed by atoms with Crippen LogP contribution in [-0.4, -0.2) is 20.9 Å². The molecule has 0 aliphatic rings. The number of hydrogen-bond acceptors (Lipinski definition) is 3. The highest BCUT2D eigenvalue weighted by Crippen LogP contribution is 2.23. The molecule has 0 saturated heterocycles. The Hall–Kier alpha value is -2.92. The van der Waals surface area contributed by atoms with Crippen LogP contribution in [0.1, 0.15) is 12.8 Å². The molecule has 0 spiro atoms. The zero-order chi connectivity index (χ0) is 17.6. The molecule has 3 aromatic rings. The van der Waals surface area contributed by atoms with E-state index in [0.717, 1.165) is 22.4 Å². The van der Waals surface area contributed by atoms with Gasteiger partial charge >= 0.3 is 5.97 Å². The lowest BCUT2D eigenvalue weighted by Gasteiger charge is -2.09. The summed E-state index contributed by atoms with van der Waals surface area (Å²) in [4.78, 5) is 10.6. The number of halogens is 1. The molecule has 5 nitrogen and oxygen atoms in total. The molecule has 0 aliphatic heterocycles. The molecule has 0 unspecified atom stereocenters. The molecule has 6 heteroatoms. The molecule has 0 saturated carbocycles. The quantitative estimate of drug-likeness (QED) is 0.689. The third kappa shape index (κ3) is 4.80. The Bertz CT molecular complexity index is 922. The largest absolute Gasteiger partial charge is 0.481 e. The van der Waals surface area contributed by atoms with Gasteiger partial charge in [-0.15, -0.1) is 12.4 Å². The fraction of sp³-hybridized carbons (Fsp3) is 0.150. The van der Waals surface area contributed by atoms with E-state index in [2.05, 4.69) is 29.4 Å². The standard InChI is InChI=1S/C20H19N3O2.ClH/c21-19-13-12-18(22-23(19)14-4-7-20(24)25)17-10-8-16(9-11-17)15-5-2-1-3-6-15;/h1-3,5-6,8-13,21H,4,7,14H2,(H,24,25);1H. The second-order valence-corrected chi connectivity index (χ2v) is 5.77. The summed E-state index contributed by atoms with van der Waals surface area (Å²) in [6.45, 7) is 0.418. The van der Waals surface area contributed by atoms with Crippen LogP contribution in [-0.2, 0) is 11.3 Å². The number of aryl methyl sites for hydroxylation is 1. The Labute approximate surface area is 157 Å². The fourth-order valence-corrected chi connectivity index (χ4v) is 2.63. The van der Waals surface area contributed by atoms with Crippen molar-refractivity contribution in [2.45, 2.75) is 19.4 Å². The lowest BCUT2D eigenvalue weighted by Crippen LogP contribution is -2.22. The highest BCUT2D eigenvalue weighted by molar-refractivity contribution is 5.85. The van der Waals surface area contributed by atoms with Crippen molar-refractivity contribution in [3.05, 3.63) is 72.2 Å². The van der Waals surface area contributed by atoms with Crippen molar-refractivity contribution >= 4 is 18.4 Å². The molecule has 0 radical (unpaired) electrons. The van der Waals surface area contributed by atoms with Crippen LogP contribution in [0, 0.1) is 5.41 Å². The molecular formula is C20H20ClN3O2. The average molecular weight is 370 g/mol. The van der Waals surface area contributed by atoms with E-state index in [1.165, 1.54) is 0 Å². The molecule has 0 aliphatic carbocycles. The Morgan fingerprint density at radius 2 is 1.54 bits per heavy atom. The lowest BCUT2D eigenvalue weighted by atomic mass is 10.0. The van der Waals surface area contributed by atoms with Crippen LogP contribution in [0.5, 0.6) is 0 Å². The highest BCUT2D eigenvalue weighted by Gasteiger charge is 2.04. The summed E-state index contributed by atoms with van der Waals surface area (Å²) >= 11 is 0. The minimum absolute atomic E-state index is 0. The lowest BCUT2D eigenvalue weighted by molar-refractivity contribution is -0.137. The second kappa shape index (κ2) is 8.97. The molecule has 2 aromatic carbocycles. The molecule has 0 amide bonds. The van der Waals surface area contributed by atoms with Gasteiger partial charge < -0.3 is 5.11 Å². The molecule has 1 aromatic heterocycles. The summed E-state index contributed by atoms with van der Waals surface area (Å²) in [7, 11) is 0. The van der Waals surface area contributed by atoms with Gasteiger partial charge in [0.2, 0.25) is 0 Å². The molecule has 134 valence electrons. The second-order valence-electron chi connectivity index (χ2n) is 5.77. The number of benzene rings is 2. The summed E-state index contributed by atoms with van der Waals surface area (Å²) < 4.78 is 1.55. The summed E-state index contributed by atoms with van der Waals surface area (Å²) in [6.07, 6.45) is 0.527. The minimum Gasteiger partial charge on any atom is -0.481 e. The third-order valence-corrected chi connectivity index (χ3v) is 3.95. The van der Waals surface area contributed by atoms with E-state index in [0.29, 0.717) is 13.0 Å². The van der Waals surface area contributed by atoms with Gasteiger partial charge in [0.15, 0.2) is 0 Å². The van der Waals surface area contributed by atoms with Crippen LogP contribution < -0.4 is 5.49 Å². The van der Waals surface area contributed by atoms with Crippen LogP contribution in [0.4, 0.5) is 0 Å². The van der Waals surface area contributed by atoms with Gasteiger partial charge in [-0.05, 0) is 29.7 Å². The summed E-state index contributed by atoms with van der Waals surface area (Å²) in [5.74, 6) is -0.834.